The SMILES string of the molecule is Cc1nc2sc3c(c2c(-c2cccs2)c1CC=O)CCCC3. The average Bonchev–Trinajstić information content (AvgIpc) is 3.15. The van der Waals surface area contributed by atoms with Crippen LogP contribution in [-0.4, -0.2) is 11.3 Å². The molecule has 1 aliphatic rings. The molecule has 0 bridgehead atoms. The molecule has 0 spiro atoms. The zero-order valence-electron chi connectivity index (χ0n) is 12.5. The quantitative estimate of drug-likeness (QED) is 0.637. The van der Waals surface area contributed by atoms with Crippen LogP contribution in [0.15, 0.2) is 17.5 Å². The highest BCUT2D eigenvalue weighted by Crippen LogP contribution is 2.44. The lowest BCUT2D eigenvalue weighted by Crippen LogP contribution is -2.01. The molecule has 0 saturated carbocycles. The van der Waals surface area contributed by atoms with Crippen molar-refractivity contribution in [1.29, 1.82) is 0 Å². The number of rotatable bonds is 3. The number of carbonyl (C=O) groups excluding carboxylic acids is 1. The second kappa shape index (κ2) is 5.60. The molecule has 22 heavy (non-hydrogen) atoms. The van der Waals surface area contributed by atoms with E-state index in [0.29, 0.717) is 6.42 Å². The van der Waals surface area contributed by atoms with Crippen molar-refractivity contribution in [2.45, 2.75) is 39.0 Å². The van der Waals surface area contributed by atoms with E-state index in [-0.39, 0.29) is 0 Å². The molecule has 0 aliphatic heterocycles. The van der Waals surface area contributed by atoms with Gasteiger partial charge in [0, 0.05) is 32.8 Å². The summed E-state index contributed by atoms with van der Waals surface area (Å²) in [7, 11) is 0. The number of thiophene rings is 2. The Balaban J connectivity index is 2.12. The smallest absolute Gasteiger partial charge is 0.124 e. The normalized spacial score (nSPS) is 14.2. The van der Waals surface area contributed by atoms with Crippen LogP contribution >= 0.6 is 22.7 Å². The monoisotopic (exact) mass is 327 g/mol. The standard InChI is InChI=1S/C18H17NOS2/c1-11-12(8-9-20)16(15-7-4-10-21-15)17-13-5-2-3-6-14(13)22-18(17)19-11/h4,7,9-10H,2-3,5-6,8H2,1H3. The molecule has 3 heterocycles. The van der Waals surface area contributed by atoms with Gasteiger partial charge in [0.1, 0.15) is 11.1 Å². The number of pyridine rings is 1. The minimum absolute atomic E-state index is 0.451. The van der Waals surface area contributed by atoms with E-state index in [1.54, 1.807) is 11.3 Å². The molecule has 0 saturated heterocycles. The molecule has 112 valence electrons. The van der Waals surface area contributed by atoms with Crippen molar-refractivity contribution in [1.82, 2.24) is 4.98 Å². The highest BCUT2D eigenvalue weighted by molar-refractivity contribution is 7.19. The van der Waals surface area contributed by atoms with Crippen LogP contribution in [0.4, 0.5) is 0 Å². The number of aromatic nitrogens is 1. The maximum atomic E-state index is 11.2. The lowest BCUT2D eigenvalue weighted by Gasteiger charge is -2.14. The van der Waals surface area contributed by atoms with E-state index in [1.807, 2.05) is 18.3 Å². The zero-order chi connectivity index (χ0) is 15.1. The number of fused-ring (bicyclic) bond motifs is 3. The summed E-state index contributed by atoms with van der Waals surface area (Å²) in [6.07, 6.45) is 6.34. The van der Waals surface area contributed by atoms with E-state index in [0.717, 1.165) is 28.8 Å². The molecule has 0 N–H and O–H groups in total. The molecule has 0 aromatic carbocycles. The van der Waals surface area contributed by atoms with Gasteiger partial charge in [0.25, 0.3) is 0 Å². The van der Waals surface area contributed by atoms with Crippen molar-refractivity contribution in [3.05, 3.63) is 39.2 Å². The van der Waals surface area contributed by atoms with Crippen LogP contribution in [0.5, 0.6) is 0 Å². The minimum atomic E-state index is 0.451. The first-order valence-corrected chi connectivity index (χ1v) is 9.40. The van der Waals surface area contributed by atoms with E-state index in [9.17, 15) is 4.79 Å². The van der Waals surface area contributed by atoms with E-state index in [4.69, 9.17) is 4.98 Å². The van der Waals surface area contributed by atoms with Crippen LogP contribution in [0.2, 0.25) is 0 Å². The molecular weight excluding hydrogens is 310 g/mol. The number of hydrogen-bond acceptors (Lipinski definition) is 4. The Morgan fingerprint density at radius 2 is 2.18 bits per heavy atom. The molecule has 4 heteroatoms. The summed E-state index contributed by atoms with van der Waals surface area (Å²) < 4.78 is 0. The number of aryl methyl sites for hydroxylation is 3. The summed E-state index contributed by atoms with van der Waals surface area (Å²) in [6.45, 7) is 2.04. The number of carbonyl (C=O) groups is 1. The van der Waals surface area contributed by atoms with Crippen LogP contribution in [0.3, 0.4) is 0 Å². The highest BCUT2D eigenvalue weighted by Gasteiger charge is 2.23. The molecule has 4 rings (SSSR count). The lowest BCUT2D eigenvalue weighted by molar-refractivity contribution is -0.107. The Morgan fingerprint density at radius 3 is 2.95 bits per heavy atom. The Labute approximate surface area is 137 Å². The van der Waals surface area contributed by atoms with Crippen molar-refractivity contribution in [3.8, 4) is 10.4 Å². The number of aldehydes is 1. The Morgan fingerprint density at radius 1 is 1.32 bits per heavy atom. The predicted molar refractivity (Wildman–Crippen MR) is 94.1 cm³/mol. The summed E-state index contributed by atoms with van der Waals surface area (Å²) in [4.78, 5) is 19.9. The van der Waals surface area contributed by atoms with Gasteiger partial charge in [0.15, 0.2) is 0 Å². The lowest BCUT2D eigenvalue weighted by atomic mass is 9.91. The van der Waals surface area contributed by atoms with Gasteiger partial charge in [0.2, 0.25) is 0 Å². The van der Waals surface area contributed by atoms with Crippen molar-refractivity contribution in [2.75, 3.05) is 0 Å². The first-order chi connectivity index (χ1) is 10.8. The molecule has 0 unspecified atom stereocenters. The minimum Gasteiger partial charge on any atom is -0.303 e. The molecular formula is C18H17NOS2. The van der Waals surface area contributed by atoms with Gasteiger partial charge < -0.3 is 4.79 Å². The summed E-state index contributed by atoms with van der Waals surface area (Å²) in [5.41, 5.74) is 4.87. The van der Waals surface area contributed by atoms with E-state index in [1.165, 1.54) is 45.5 Å². The Bertz CT molecular complexity index is 846. The first kappa shape index (κ1) is 14.1. The van der Waals surface area contributed by atoms with Gasteiger partial charge in [-0.1, -0.05) is 6.07 Å². The maximum Gasteiger partial charge on any atom is 0.124 e. The molecule has 1 aliphatic carbocycles. The molecule has 3 aromatic rings. The third kappa shape index (κ3) is 2.13. The third-order valence-electron chi connectivity index (χ3n) is 4.47. The van der Waals surface area contributed by atoms with Crippen molar-refractivity contribution in [2.24, 2.45) is 0 Å². The zero-order valence-corrected chi connectivity index (χ0v) is 14.1. The van der Waals surface area contributed by atoms with E-state index >= 15 is 0 Å². The largest absolute Gasteiger partial charge is 0.303 e. The fraction of sp³-hybridized carbons (Fsp3) is 0.333. The summed E-state index contributed by atoms with van der Waals surface area (Å²) >= 11 is 3.61. The van der Waals surface area contributed by atoms with Gasteiger partial charge in [-0.15, -0.1) is 22.7 Å². The molecule has 0 fully saturated rings. The second-order valence-electron chi connectivity index (χ2n) is 5.79. The van der Waals surface area contributed by atoms with Crippen molar-refractivity contribution < 1.29 is 4.79 Å². The number of hydrogen-bond donors (Lipinski definition) is 0. The Kier molecular flexibility index (Phi) is 3.59. The van der Waals surface area contributed by atoms with Crippen LogP contribution in [0.1, 0.15) is 34.5 Å². The van der Waals surface area contributed by atoms with Crippen molar-refractivity contribution in [3.63, 3.8) is 0 Å². The molecule has 0 radical (unpaired) electrons. The van der Waals surface area contributed by atoms with Crippen LogP contribution in [0.25, 0.3) is 20.7 Å². The van der Waals surface area contributed by atoms with Gasteiger partial charge in [0.05, 0.1) is 0 Å². The Hall–Kier alpha value is -1.52. The van der Waals surface area contributed by atoms with Gasteiger partial charge in [-0.3, -0.25) is 0 Å². The summed E-state index contributed by atoms with van der Waals surface area (Å²) in [6, 6.07) is 4.26. The van der Waals surface area contributed by atoms with Gasteiger partial charge in [-0.2, -0.15) is 0 Å². The molecule has 0 amide bonds. The average molecular weight is 327 g/mol. The fourth-order valence-electron chi connectivity index (χ4n) is 3.47. The third-order valence-corrected chi connectivity index (χ3v) is 6.54. The van der Waals surface area contributed by atoms with Gasteiger partial charge >= 0.3 is 0 Å². The molecule has 2 nitrogen and oxygen atoms in total. The van der Waals surface area contributed by atoms with Crippen LogP contribution in [-0.2, 0) is 24.1 Å². The number of nitrogens with zero attached hydrogens (tertiary/aromatic N) is 1. The van der Waals surface area contributed by atoms with E-state index in [2.05, 4.69) is 17.5 Å². The summed E-state index contributed by atoms with van der Waals surface area (Å²) in [5, 5.41) is 3.44. The maximum absolute atomic E-state index is 11.2. The van der Waals surface area contributed by atoms with E-state index < -0.39 is 0 Å². The second-order valence-corrected chi connectivity index (χ2v) is 7.82. The topological polar surface area (TPSA) is 30.0 Å². The van der Waals surface area contributed by atoms with Crippen LogP contribution < -0.4 is 0 Å². The van der Waals surface area contributed by atoms with Gasteiger partial charge in [-0.25, -0.2) is 4.98 Å². The highest BCUT2D eigenvalue weighted by atomic mass is 32.1. The first-order valence-electron chi connectivity index (χ1n) is 7.71. The molecule has 3 aromatic heterocycles. The van der Waals surface area contributed by atoms with Gasteiger partial charge in [-0.05, 0) is 55.2 Å². The molecule has 0 atom stereocenters. The summed E-state index contributed by atoms with van der Waals surface area (Å²) in [5.74, 6) is 0. The van der Waals surface area contributed by atoms with Crippen LogP contribution in [0, 0.1) is 6.92 Å². The predicted octanol–water partition coefficient (Wildman–Crippen LogP) is 4.95. The van der Waals surface area contributed by atoms with Crippen molar-refractivity contribution >= 4 is 39.2 Å². The fourth-order valence-corrected chi connectivity index (χ4v) is 5.59.